The average Bonchev–Trinajstić information content (AvgIpc) is 2.54. The van der Waals surface area contributed by atoms with Crippen LogP contribution in [0.3, 0.4) is 0 Å². The topological polar surface area (TPSA) is 59.6 Å². The number of hydrogen-bond donors (Lipinski definition) is 2. The van der Waals surface area contributed by atoms with Crippen molar-refractivity contribution < 1.29 is 14.3 Å². The van der Waals surface area contributed by atoms with Crippen LogP contribution in [0, 0.1) is 0 Å². The first-order chi connectivity index (χ1) is 11.5. The Balaban J connectivity index is 2.01. The van der Waals surface area contributed by atoms with Gasteiger partial charge in [0.2, 0.25) is 5.91 Å². The highest BCUT2D eigenvalue weighted by Crippen LogP contribution is 2.28. The minimum Gasteiger partial charge on any atom is -0.495 e. The largest absolute Gasteiger partial charge is 0.495 e. The van der Waals surface area contributed by atoms with Gasteiger partial charge in [-0.05, 0) is 44.2 Å². The van der Waals surface area contributed by atoms with E-state index in [0.717, 1.165) is 0 Å². The lowest BCUT2D eigenvalue weighted by Crippen LogP contribution is -2.22. The first kappa shape index (κ1) is 17.9. The summed E-state index contributed by atoms with van der Waals surface area (Å²) in [5, 5.41) is 6.43. The molecule has 0 heterocycles. The number of hydrogen-bond acceptors (Lipinski definition) is 4. The van der Waals surface area contributed by atoms with Crippen LogP contribution in [0.2, 0.25) is 5.02 Å². The molecule has 24 heavy (non-hydrogen) atoms. The van der Waals surface area contributed by atoms with Crippen LogP contribution in [0.1, 0.15) is 13.8 Å². The maximum Gasteiger partial charge on any atom is 0.243 e. The third-order valence-electron chi connectivity index (χ3n) is 3.12. The quantitative estimate of drug-likeness (QED) is 0.787. The molecule has 0 spiro atoms. The van der Waals surface area contributed by atoms with Gasteiger partial charge in [0.15, 0.2) is 0 Å². The standard InChI is InChI=1S/C18H21ClN2O3/c1-12(2)24-17-7-5-4-6-14(17)21-18(22)11-20-15-10-13(19)8-9-16(15)23-3/h4-10,12,20H,11H2,1-3H3,(H,21,22). The van der Waals surface area contributed by atoms with Crippen LogP contribution in [-0.4, -0.2) is 25.7 Å². The Kier molecular flexibility index (Phi) is 6.32. The molecule has 128 valence electrons. The summed E-state index contributed by atoms with van der Waals surface area (Å²) in [6, 6.07) is 12.5. The molecule has 2 N–H and O–H groups in total. The number of rotatable bonds is 7. The van der Waals surface area contributed by atoms with Gasteiger partial charge in [-0.15, -0.1) is 0 Å². The average molecular weight is 349 g/mol. The molecule has 0 aromatic heterocycles. The van der Waals surface area contributed by atoms with Crippen molar-refractivity contribution in [1.82, 2.24) is 0 Å². The number of benzene rings is 2. The van der Waals surface area contributed by atoms with E-state index in [9.17, 15) is 4.79 Å². The maximum absolute atomic E-state index is 12.2. The number of carbonyl (C=O) groups excluding carboxylic acids is 1. The number of para-hydroxylation sites is 2. The number of carbonyl (C=O) groups is 1. The Bertz CT molecular complexity index is 704. The summed E-state index contributed by atoms with van der Waals surface area (Å²) in [7, 11) is 1.56. The molecular formula is C18H21ClN2O3. The van der Waals surface area contributed by atoms with Gasteiger partial charge in [-0.3, -0.25) is 4.79 Å². The van der Waals surface area contributed by atoms with Gasteiger partial charge in [-0.25, -0.2) is 0 Å². The van der Waals surface area contributed by atoms with Crippen molar-refractivity contribution in [2.45, 2.75) is 20.0 Å². The monoisotopic (exact) mass is 348 g/mol. The van der Waals surface area contributed by atoms with Gasteiger partial charge < -0.3 is 20.1 Å². The number of nitrogens with one attached hydrogen (secondary N) is 2. The van der Waals surface area contributed by atoms with Gasteiger partial charge in [0.25, 0.3) is 0 Å². The maximum atomic E-state index is 12.2. The normalized spacial score (nSPS) is 10.4. The van der Waals surface area contributed by atoms with E-state index in [2.05, 4.69) is 10.6 Å². The number of anilines is 2. The predicted octanol–water partition coefficient (Wildman–Crippen LogP) is 4.19. The van der Waals surface area contributed by atoms with Crippen LogP contribution in [0.25, 0.3) is 0 Å². The summed E-state index contributed by atoms with van der Waals surface area (Å²) >= 11 is 5.98. The second-order valence-electron chi connectivity index (χ2n) is 5.41. The number of ether oxygens (including phenoxy) is 2. The minimum atomic E-state index is -0.197. The zero-order valence-electron chi connectivity index (χ0n) is 13.9. The summed E-state index contributed by atoms with van der Waals surface area (Å²) in [4.78, 5) is 12.2. The highest BCUT2D eigenvalue weighted by Gasteiger charge is 2.10. The predicted molar refractivity (Wildman–Crippen MR) is 97.3 cm³/mol. The number of amides is 1. The van der Waals surface area contributed by atoms with E-state index < -0.39 is 0 Å². The molecule has 0 fully saturated rings. The van der Waals surface area contributed by atoms with Crippen molar-refractivity contribution >= 4 is 28.9 Å². The third-order valence-corrected chi connectivity index (χ3v) is 3.36. The molecular weight excluding hydrogens is 328 g/mol. The zero-order valence-corrected chi connectivity index (χ0v) is 14.7. The summed E-state index contributed by atoms with van der Waals surface area (Å²) in [6.07, 6.45) is 0.0249. The SMILES string of the molecule is COc1ccc(Cl)cc1NCC(=O)Nc1ccccc1OC(C)C. The van der Waals surface area contributed by atoms with E-state index in [1.165, 1.54) is 0 Å². The van der Waals surface area contributed by atoms with Crippen LogP contribution < -0.4 is 20.1 Å². The van der Waals surface area contributed by atoms with Crippen LogP contribution in [0.5, 0.6) is 11.5 Å². The molecule has 0 bridgehead atoms. The summed E-state index contributed by atoms with van der Waals surface area (Å²) in [6.45, 7) is 3.95. The van der Waals surface area contributed by atoms with Crippen LogP contribution >= 0.6 is 11.6 Å². The van der Waals surface area contributed by atoms with E-state index in [4.69, 9.17) is 21.1 Å². The van der Waals surface area contributed by atoms with E-state index in [-0.39, 0.29) is 18.6 Å². The summed E-state index contributed by atoms with van der Waals surface area (Å²) < 4.78 is 10.9. The molecule has 0 saturated carbocycles. The first-order valence-corrected chi connectivity index (χ1v) is 8.00. The lowest BCUT2D eigenvalue weighted by Gasteiger charge is -2.15. The third kappa shape index (κ3) is 5.06. The van der Waals surface area contributed by atoms with Gasteiger partial charge >= 0.3 is 0 Å². The van der Waals surface area contributed by atoms with Crippen LogP contribution in [0.15, 0.2) is 42.5 Å². The highest BCUT2D eigenvalue weighted by molar-refractivity contribution is 6.30. The van der Waals surface area contributed by atoms with Gasteiger partial charge in [0, 0.05) is 5.02 Å². The van der Waals surface area contributed by atoms with Crippen molar-refractivity contribution in [3.05, 3.63) is 47.5 Å². The second kappa shape index (κ2) is 8.45. The first-order valence-electron chi connectivity index (χ1n) is 7.62. The molecule has 0 unspecified atom stereocenters. The van der Waals surface area contributed by atoms with E-state index in [1.807, 2.05) is 32.0 Å². The van der Waals surface area contributed by atoms with Gasteiger partial charge in [-0.2, -0.15) is 0 Å². The molecule has 0 aliphatic carbocycles. The lowest BCUT2D eigenvalue weighted by atomic mass is 10.2. The van der Waals surface area contributed by atoms with E-state index in [1.54, 1.807) is 31.4 Å². The second-order valence-corrected chi connectivity index (χ2v) is 5.85. The molecule has 0 saturated heterocycles. The highest BCUT2D eigenvalue weighted by atomic mass is 35.5. The molecule has 6 heteroatoms. The fourth-order valence-electron chi connectivity index (χ4n) is 2.11. The molecule has 0 aliphatic rings. The van der Waals surface area contributed by atoms with E-state index >= 15 is 0 Å². The number of halogens is 1. The van der Waals surface area contributed by atoms with Gasteiger partial charge in [0.05, 0.1) is 31.1 Å². The van der Waals surface area contributed by atoms with Gasteiger partial charge in [-0.1, -0.05) is 23.7 Å². The summed E-state index contributed by atoms with van der Waals surface area (Å²) in [5.41, 5.74) is 1.29. The van der Waals surface area contributed by atoms with Crippen molar-refractivity contribution in [2.24, 2.45) is 0 Å². The van der Waals surface area contributed by atoms with Crippen molar-refractivity contribution in [3.8, 4) is 11.5 Å². The molecule has 5 nitrogen and oxygen atoms in total. The van der Waals surface area contributed by atoms with Gasteiger partial charge in [0.1, 0.15) is 11.5 Å². The number of methoxy groups -OCH3 is 1. The zero-order chi connectivity index (χ0) is 17.5. The Morgan fingerprint density at radius 2 is 1.88 bits per heavy atom. The Morgan fingerprint density at radius 1 is 1.12 bits per heavy atom. The molecule has 0 atom stereocenters. The smallest absolute Gasteiger partial charge is 0.243 e. The minimum absolute atomic E-state index is 0.0249. The Morgan fingerprint density at radius 3 is 2.58 bits per heavy atom. The Hall–Kier alpha value is -2.40. The Labute approximate surface area is 146 Å². The van der Waals surface area contributed by atoms with E-state index in [0.29, 0.717) is 27.9 Å². The van der Waals surface area contributed by atoms with Crippen molar-refractivity contribution in [2.75, 3.05) is 24.3 Å². The fraction of sp³-hybridized carbons (Fsp3) is 0.278. The lowest BCUT2D eigenvalue weighted by molar-refractivity contribution is -0.114. The van der Waals surface area contributed by atoms with Crippen LogP contribution in [0.4, 0.5) is 11.4 Å². The van der Waals surface area contributed by atoms with Crippen molar-refractivity contribution in [1.29, 1.82) is 0 Å². The molecule has 2 aromatic carbocycles. The summed E-state index contributed by atoms with van der Waals surface area (Å²) in [5.74, 6) is 1.06. The molecule has 2 aromatic rings. The fourth-order valence-corrected chi connectivity index (χ4v) is 2.29. The molecule has 2 rings (SSSR count). The molecule has 0 radical (unpaired) electrons. The molecule has 1 amide bonds. The van der Waals surface area contributed by atoms with Crippen molar-refractivity contribution in [3.63, 3.8) is 0 Å². The molecule has 0 aliphatic heterocycles. The van der Waals surface area contributed by atoms with Crippen LogP contribution in [-0.2, 0) is 4.79 Å².